The van der Waals surface area contributed by atoms with Gasteiger partial charge in [0.15, 0.2) is 0 Å². The molecule has 0 spiro atoms. The summed E-state index contributed by atoms with van der Waals surface area (Å²) in [5.41, 5.74) is 0. The molecule has 3 heteroatoms. The van der Waals surface area contributed by atoms with Crippen molar-refractivity contribution in [3.8, 4) is 0 Å². The van der Waals surface area contributed by atoms with Crippen LogP contribution >= 0.6 is 0 Å². The van der Waals surface area contributed by atoms with Crippen molar-refractivity contribution < 1.29 is 4.74 Å². The van der Waals surface area contributed by atoms with E-state index in [1.54, 1.807) is 0 Å². The second kappa shape index (κ2) is 6.58. The van der Waals surface area contributed by atoms with E-state index in [-0.39, 0.29) is 0 Å². The average molecular weight is 226 g/mol. The van der Waals surface area contributed by atoms with Gasteiger partial charge in [-0.3, -0.25) is 0 Å². The minimum atomic E-state index is 0.539. The molecule has 2 fully saturated rings. The van der Waals surface area contributed by atoms with E-state index in [2.05, 4.69) is 17.1 Å². The van der Waals surface area contributed by atoms with Gasteiger partial charge >= 0.3 is 0 Å². The van der Waals surface area contributed by atoms with Crippen LogP contribution in [0, 0.1) is 0 Å². The SMILES string of the molecule is CCOC1CC(NCCN2CCCCC2)C1. The van der Waals surface area contributed by atoms with Crippen LogP contribution in [0.2, 0.25) is 0 Å². The predicted molar refractivity (Wildman–Crippen MR) is 66.7 cm³/mol. The molecule has 0 aromatic rings. The number of likely N-dealkylation sites (tertiary alicyclic amines) is 1. The van der Waals surface area contributed by atoms with Gasteiger partial charge in [-0.25, -0.2) is 0 Å². The summed E-state index contributed by atoms with van der Waals surface area (Å²) in [6, 6.07) is 0.723. The highest BCUT2D eigenvalue weighted by Gasteiger charge is 2.28. The Bertz CT molecular complexity index is 186. The first-order chi connectivity index (χ1) is 7.88. The predicted octanol–water partition coefficient (Wildman–Crippen LogP) is 1.63. The molecule has 1 N–H and O–H groups in total. The second-order valence-electron chi connectivity index (χ2n) is 5.10. The first-order valence-electron chi connectivity index (χ1n) is 6.96. The van der Waals surface area contributed by atoms with Gasteiger partial charge in [0.2, 0.25) is 0 Å². The molecule has 2 rings (SSSR count). The van der Waals surface area contributed by atoms with Gasteiger partial charge in [0, 0.05) is 25.7 Å². The lowest BCUT2D eigenvalue weighted by molar-refractivity contribution is -0.0102. The molecule has 1 saturated heterocycles. The monoisotopic (exact) mass is 226 g/mol. The summed E-state index contributed by atoms with van der Waals surface area (Å²) in [7, 11) is 0. The van der Waals surface area contributed by atoms with Crippen LogP contribution in [0.25, 0.3) is 0 Å². The molecule has 1 saturated carbocycles. The maximum absolute atomic E-state index is 5.55. The van der Waals surface area contributed by atoms with Crippen LogP contribution in [-0.2, 0) is 4.74 Å². The minimum Gasteiger partial charge on any atom is -0.378 e. The molecule has 0 atom stereocenters. The van der Waals surface area contributed by atoms with Gasteiger partial charge in [0.1, 0.15) is 0 Å². The summed E-state index contributed by atoms with van der Waals surface area (Å²) in [6.45, 7) is 7.96. The topological polar surface area (TPSA) is 24.5 Å². The third-order valence-corrected chi connectivity index (χ3v) is 3.81. The Morgan fingerprint density at radius 1 is 1.19 bits per heavy atom. The lowest BCUT2D eigenvalue weighted by Crippen LogP contribution is -2.48. The Balaban J connectivity index is 1.46. The van der Waals surface area contributed by atoms with Gasteiger partial charge in [0.25, 0.3) is 0 Å². The molecule has 1 aliphatic carbocycles. The molecule has 94 valence electrons. The van der Waals surface area contributed by atoms with E-state index in [0.29, 0.717) is 6.10 Å². The molecule has 0 aromatic heterocycles. The Hall–Kier alpha value is -0.120. The van der Waals surface area contributed by atoms with Crippen molar-refractivity contribution in [1.29, 1.82) is 0 Å². The molecule has 0 bridgehead atoms. The Kier molecular flexibility index (Phi) is 5.07. The van der Waals surface area contributed by atoms with Crippen molar-refractivity contribution in [2.24, 2.45) is 0 Å². The highest BCUT2D eigenvalue weighted by Crippen LogP contribution is 2.22. The van der Waals surface area contributed by atoms with Crippen LogP contribution in [0.4, 0.5) is 0 Å². The zero-order valence-corrected chi connectivity index (χ0v) is 10.6. The van der Waals surface area contributed by atoms with E-state index < -0.39 is 0 Å². The first kappa shape index (κ1) is 12.3. The highest BCUT2D eigenvalue weighted by atomic mass is 16.5. The van der Waals surface area contributed by atoms with Crippen molar-refractivity contribution in [3.63, 3.8) is 0 Å². The Morgan fingerprint density at radius 2 is 1.94 bits per heavy atom. The standard InChI is InChI=1S/C13H26N2O/c1-2-16-13-10-12(11-13)14-6-9-15-7-4-3-5-8-15/h12-14H,2-11H2,1H3. The van der Waals surface area contributed by atoms with Gasteiger partial charge in [0.05, 0.1) is 6.10 Å². The fourth-order valence-corrected chi connectivity index (χ4v) is 2.71. The number of nitrogens with zero attached hydrogens (tertiary/aromatic N) is 1. The summed E-state index contributed by atoms with van der Waals surface area (Å²) in [6.07, 6.45) is 7.20. The lowest BCUT2D eigenvalue weighted by Gasteiger charge is -2.36. The summed E-state index contributed by atoms with van der Waals surface area (Å²) >= 11 is 0. The smallest absolute Gasteiger partial charge is 0.0604 e. The molecule has 0 amide bonds. The van der Waals surface area contributed by atoms with E-state index in [1.807, 2.05) is 0 Å². The summed E-state index contributed by atoms with van der Waals surface area (Å²) in [4.78, 5) is 2.59. The van der Waals surface area contributed by atoms with Crippen LogP contribution in [0.5, 0.6) is 0 Å². The second-order valence-corrected chi connectivity index (χ2v) is 5.10. The Labute approximate surface area is 99.5 Å². The van der Waals surface area contributed by atoms with Gasteiger partial charge in [-0.1, -0.05) is 6.42 Å². The van der Waals surface area contributed by atoms with E-state index in [1.165, 1.54) is 51.7 Å². The van der Waals surface area contributed by atoms with Crippen LogP contribution in [0.3, 0.4) is 0 Å². The molecule has 0 aromatic carbocycles. The average Bonchev–Trinajstić information content (AvgIpc) is 2.27. The van der Waals surface area contributed by atoms with E-state index in [0.717, 1.165) is 19.2 Å². The van der Waals surface area contributed by atoms with E-state index >= 15 is 0 Å². The maximum atomic E-state index is 5.55. The van der Waals surface area contributed by atoms with E-state index in [9.17, 15) is 0 Å². The van der Waals surface area contributed by atoms with Crippen molar-refractivity contribution in [2.45, 2.75) is 51.2 Å². The molecule has 1 aliphatic heterocycles. The largest absolute Gasteiger partial charge is 0.378 e. The molecule has 0 radical (unpaired) electrons. The third-order valence-electron chi connectivity index (χ3n) is 3.81. The quantitative estimate of drug-likeness (QED) is 0.745. The summed E-state index contributed by atoms with van der Waals surface area (Å²) in [5, 5.41) is 3.63. The van der Waals surface area contributed by atoms with Gasteiger partial charge < -0.3 is 15.0 Å². The highest BCUT2D eigenvalue weighted by molar-refractivity contribution is 4.86. The number of ether oxygens (including phenoxy) is 1. The van der Waals surface area contributed by atoms with Crippen molar-refractivity contribution in [3.05, 3.63) is 0 Å². The van der Waals surface area contributed by atoms with Crippen LogP contribution < -0.4 is 5.32 Å². The normalized spacial score (nSPS) is 31.3. The molecular formula is C13H26N2O. The molecule has 16 heavy (non-hydrogen) atoms. The molecule has 2 aliphatic rings. The van der Waals surface area contributed by atoms with Crippen molar-refractivity contribution >= 4 is 0 Å². The summed E-state index contributed by atoms with van der Waals surface area (Å²) < 4.78 is 5.55. The molecule has 1 heterocycles. The van der Waals surface area contributed by atoms with E-state index in [4.69, 9.17) is 4.74 Å². The fourth-order valence-electron chi connectivity index (χ4n) is 2.71. The number of nitrogens with one attached hydrogen (secondary N) is 1. The van der Waals surface area contributed by atoms with Crippen molar-refractivity contribution in [1.82, 2.24) is 10.2 Å². The Morgan fingerprint density at radius 3 is 2.62 bits per heavy atom. The number of hydrogen-bond donors (Lipinski definition) is 1. The third kappa shape index (κ3) is 3.72. The summed E-state index contributed by atoms with van der Waals surface area (Å²) in [5.74, 6) is 0. The fraction of sp³-hybridized carbons (Fsp3) is 1.00. The minimum absolute atomic E-state index is 0.539. The zero-order chi connectivity index (χ0) is 11.2. The zero-order valence-electron chi connectivity index (χ0n) is 10.6. The van der Waals surface area contributed by atoms with Crippen LogP contribution in [0.15, 0.2) is 0 Å². The molecule has 3 nitrogen and oxygen atoms in total. The number of piperidine rings is 1. The first-order valence-corrected chi connectivity index (χ1v) is 6.96. The molecule has 0 unspecified atom stereocenters. The lowest BCUT2D eigenvalue weighted by atomic mass is 9.89. The van der Waals surface area contributed by atoms with Gasteiger partial charge in [-0.2, -0.15) is 0 Å². The van der Waals surface area contributed by atoms with Crippen LogP contribution in [0.1, 0.15) is 39.0 Å². The van der Waals surface area contributed by atoms with Gasteiger partial charge in [-0.05, 0) is 45.7 Å². The van der Waals surface area contributed by atoms with Crippen molar-refractivity contribution in [2.75, 3.05) is 32.8 Å². The molecular weight excluding hydrogens is 200 g/mol. The van der Waals surface area contributed by atoms with Crippen LogP contribution in [-0.4, -0.2) is 49.8 Å². The number of rotatable bonds is 6. The van der Waals surface area contributed by atoms with Gasteiger partial charge in [-0.15, -0.1) is 0 Å². The maximum Gasteiger partial charge on any atom is 0.0604 e. The number of hydrogen-bond acceptors (Lipinski definition) is 3.